The van der Waals surface area contributed by atoms with E-state index in [4.69, 9.17) is 11.6 Å². The van der Waals surface area contributed by atoms with E-state index in [-0.39, 0.29) is 12.0 Å². The second-order valence-corrected chi connectivity index (χ2v) is 3.90. The standard InChI is InChI=1S/C9H16ClO/c1-7(5-9(3)10)4-8(2)6-11/h4,7,9H,5-6H2,1-3H3. The van der Waals surface area contributed by atoms with Crippen LogP contribution in [-0.4, -0.2) is 12.0 Å². The zero-order valence-corrected chi connectivity index (χ0v) is 8.19. The normalized spacial score (nSPS) is 18.1. The summed E-state index contributed by atoms with van der Waals surface area (Å²) in [5.41, 5.74) is 0.912. The lowest BCUT2D eigenvalue weighted by Crippen LogP contribution is -2.00. The summed E-state index contributed by atoms with van der Waals surface area (Å²) >= 11 is 5.79. The molecule has 2 unspecified atom stereocenters. The van der Waals surface area contributed by atoms with Gasteiger partial charge in [0.05, 0.1) is 0 Å². The minimum absolute atomic E-state index is 0.0962. The van der Waals surface area contributed by atoms with Gasteiger partial charge in [0.15, 0.2) is 0 Å². The third-order valence-corrected chi connectivity index (χ3v) is 1.67. The van der Waals surface area contributed by atoms with Crippen molar-refractivity contribution in [3.63, 3.8) is 0 Å². The Balaban J connectivity index is 3.75. The predicted octanol–water partition coefficient (Wildman–Crippen LogP) is 3.02. The molecule has 0 rings (SSSR count). The van der Waals surface area contributed by atoms with Gasteiger partial charge in [-0.2, -0.15) is 0 Å². The van der Waals surface area contributed by atoms with Crippen LogP contribution in [0.5, 0.6) is 0 Å². The van der Waals surface area contributed by atoms with Gasteiger partial charge in [-0.15, -0.1) is 11.6 Å². The molecule has 0 aliphatic rings. The first-order valence-corrected chi connectivity index (χ1v) is 4.39. The molecule has 0 aromatic carbocycles. The molecule has 0 amide bonds. The van der Waals surface area contributed by atoms with Gasteiger partial charge in [0.25, 0.3) is 0 Å². The molecule has 0 fully saturated rings. The zero-order valence-electron chi connectivity index (χ0n) is 7.43. The molecule has 0 heterocycles. The maximum Gasteiger partial charge on any atom is 0.103 e. The van der Waals surface area contributed by atoms with Gasteiger partial charge in [0.2, 0.25) is 0 Å². The van der Waals surface area contributed by atoms with Crippen molar-refractivity contribution in [1.82, 2.24) is 0 Å². The number of hydrogen-bond donors (Lipinski definition) is 0. The van der Waals surface area contributed by atoms with Crippen molar-refractivity contribution in [2.45, 2.75) is 32.6 Å². The zero-order chi connectivity index (χ0) is 8.85. The van der Waals surface area contributed by atoms with Crippen LogP contribution in [0, 0.1) is 5.92 Å². The summed E-state index contributed by atoms with van der Waals surface area (Å²) in [5, 5.41) is 10.5. The van der Waals surface area contributed by atoms with Crippen LogP contribution < -0.4 is 0 Å². The largest absolute Gasteiger partial charge is 0.232 e. The van der Waals surface area contributed by atoms with Gasteiger partial charge in [-0.3, -0.25) is 0 Å². The molecule has 1 nitrogen and oxygen atoms in total. The van der Waals surface area contributed by atoms with Crippen molar-refractivity contribution in [2.75, 3.05) is 6.61 Å². The molecule has 0 aromatic heterocycles. The van der Waals surface area contributed by atoms with Crippen LogP contribution in [0.3, 0.4) is 0 Å². The Kier molecular flexibility index (Phi) is 5.61. The molecule has 11 heavy (non-hydrogen) atoms. The molecule has 0 saturated heterocycles. The summed E-state index contributed by atoms with van der Waals surface area (Å²) < 4.78 is 0. The highest BCUT2D eigenvalue weighted by molar-refractivity contribution is 6.20. The molecule has 65 valence electrons. The highest BCUT2D eigenvalue weighted by Crippen LogP contribution is 2.13. The molecule has 0 aromatic rings. The SMILES string of the molecule is CC(=CC(C)CC(C)Cl)C[O]. The Morgan fingerprint density at radius 1 is 1.55 bits per heavy atom. The van der Waals surface area contributed by atoms with Crippen molar-refractivity contribution in [1.29, 1.82) is 0 Å². The van der Waals surface area contributed by atoms with E-state index in [9.17, 15) is 5.11 Å². The molecule has 2 atom stereocenters. The van der Waals surface area contributed by atoms with E-state index in [1.807, 2.05) is 19.9 Å². The molecular weight excluding hydrogens is 160 g/mol. The van der Waals surface area contributed by atoms with Gasteiger partial charge in [0.1, 0.15) is 6.61 Å². The highest BCUT2D eigenvalue weighted by atomic mass is 35.5. The lowest BCUT2D eigenvalue weighted by Gasteiger charge is -2.08. The third kappa shape index (κ3) is 6.39. The quantitative estimate of drug-likeness (QED) is 0.463. The van der Waals surface area contributed by atoms with Gasteiger partial charge in [-0.25, -0.2) is 5.11 Å². The predicted molar refractivity (Wildman–Crippen MR) is 48.4 cm³/mol. The van der Waals surface area contributed by atoms with Crippen molar-refractivity contribution >= 4 is 11.6 Å². The Bertz CT molecular complexity index is 130. The summed E-state index contributed by atoms with van der Waals surface area (Å²) in [6.07, 6.45) is 2.95. The molecular formula is C9H16ClO. The van der Waals surface area contributed by atoms with Gasteiger partial charge >= 0.3 is 0 Å². The Morgan fingerprint density at radius 3 is 2.45 bits per heavy atom. The molecule has 2 heteroatoms. The minimum atomic E-state index is -0.0962. The van der Waals surface area contributed by atoms with Gasteiger partial charge < -0.3 is 0 Å². The highest BCUT2D eigenvalue weighted by Gasteiger charge is 2.03. The Morgan fingerprint density at radius 2 is 2.09 bits per heavy atom. The summed E-state index contributed by atoms with van der Waals surface area (Å²) in [4.78, 5) is 0. The van der Waals surface area contributed by atoms with Gasteiger partial charge in [-0.05, 0) is 31.8 Å². The molecule has 0 saturated carbocycles. The smallest absolute Gasteiger partial charge is 0.103 e. The van der Waals surface area contributed by atoms with E-state index in [0.717, 1.165) is 12.0 Å². The summed E-state index contributed by atoms with van der Waals surface area (Å²) in [6, 6.07) is 0. The molecule has 1 radical (unpaired) electrons. The number of hydrogen-bond acceptors (Lipinski definition) is 0. The summed E-state index contributed by atoms with van der Waals surface area (Å²) in [7, 11) is 0. The van der Waals surface area contributed by atoms with E-state index in [0.29, 0.717) is 5.92 Å². The molecule has 0 spiro atoms. The van der Waals surface area contributed by atoms with E-state index in [2.05, 4.69) is 6.92 Å². The number of halogens is 1. The lowest BCUT2D eigenvalue weighted by atomic mass is 10.0. The van der Waals surface area contributed by atoms with Crippen LogP contribution in [0.4, 0.5) is 0 Å². The first kappa shape index (κ1) is 11.0. The van der Waals surface area contributed by atoms with Crippen LogP contribution >= 0.6 is 11.6 Å². The molecule has 0 bridgehead atoms. The minimum Gasteiger partial charge on any atom is -0.232 e. The fourth-order valence-electron chi connectivity index (χ4n) is 1.11. The second kappa shape index (κ2) is 5.62. The first-order chi connectivity index (χ1) is 5.06. The summed E-state index contributed by atoms with van der Waals surface area (Å²) in [6.45, 7) is 5.82. The van der Waals surface area contributed by atoms with Crippen LogP contribution in [0.2, 0.25) is 0 Å². The Hall–Kier alpha value is -0.0100. The summed E-state index contributed by atoms with van der Waals surface area (Å²) in [5.74, 6) is 0.427. The third-order valence-electron chi connectivity index (χ3n) is 1.49. The van der Waals surface area contributed by atoms with Crippen LogP contribution in [-0.2, 0) is 5.11 Å². The Labute approximate surface area is 74.1 Å². The van der Waals surface area contributed by atoms with E-state index in [1.165, 1.54) is 0 Å². The molecule has 0 aliphatic heterocycles. The maximum absolute atomic E-state index is 10.3. The lowest BCUT2D eigenvalue weighted by molar-refractivity contribution is 0.222. The van der Waals surface area contributed by atoms with Gasteiger partial charge in [-0.1, -0.05) is 13.0 Å². The van der Waals surface area contributed by atoms with Crippen molar-refractivity contribution in [3.05, 3.63) is 11.6 Å². The van der Waals surface area contributed by atoms with Gasteiger partial charge in [0, 0.05) is 5.38 Å². The maximum atomic E-state index is 10.3. The van der Waals surface area contributed by atoms with Crippen molar-refractivity contribution < 1.29 is 5.11 Å². The number of allylic oxidation sites excluding steroid dienone is 1. The fourth-order valence-corrected chi connectivity index (χ4v) is 1.40. The van der Waals surface area contributed by atoms with Crippen molar-refractivity contribution in [2.24, 2.45) is 5.92 Å². The number of rotatable bonds is 4. The fraction of sp³-hybridized carbons (Fsp3) is 0.778. The first-order valence-electron chi connectivity index (χ1n) is 3.95. The van der Waals surface area contributed by atoms with E-state index < -0.39 is 0 Å². The average Bonchev–Trinajstić information content (AvgIpc) is 1.85. The number of alkyl halides is 1. The van der Waals surface area contributed by atoms with Crippen LogP contribution in [0.25, 0.3) is 0 Å². The molecule has 0 N–H and O–H groups in total. The molecule has 0 aliphatic carbocycles. The van der Waals surface area contributed by atoms with Crippen LogP contribution in [0.15, 0.2) is 11.6 Å². The van der Waals surface area contributed by atoms with Crippen molar-refractivity contribution in [3.8, 4) is 0 Å². The van der Waals surface area contributed by atoms with E-state index in [1.54, 1.807) is 0 Å². The monoisotopic (exact) mass is 175 g/mol. The topological polar surface area (TPSA) is 19.9 Å². The average molecular weight is 176 g/mol. The van der Waals surface area contributed by atoms with E-state index >= 15 is 0 Å². The second-order valence-electron chi connectivity index (χ2n) is 3.15. The van der Waals surface area contributed by atoms with Crippen LogP contribution in [0.1, 0.15) is 27.2 Å².